The van der Waals surface area contributed by atoms with Crippen LogP contribution in [0.1, 0.15) is 12.8 Å². The first kappa shape index (κ1) is 16.6. The average Bonchev–Trinajstić information content (AvgIpc) is 3.29. The Morgan fingerprint density at radius 1 is 1.42 bits per heavy atom. The Morgan fingerprint density at radius 2 is 2.25 bits per heavy atom. The first-order chi connectivity index (χ1) is 11.8. The van der Waals surface area contributed by atoms with Crippen molar-refractivity contribution in [2.75, 3.05) is 31.7 Å². The summed E-state index contributed by atoms with van der Waals surface area (Å²) in [6.07, 6.45) is 4.00. The standard InChI is InChI=1S/C17H21N3O3S/c1-22-14-6-2-3-7-15(14)23-12-16(21)19-11-13-5-4-9-20(13)17-18-8-10-24-17/h2-3,6-8,10,13H,4-5,9,11-12H2,1H3,(H,19,21). The lowest BCUT2D eigenvalue weighted by Crippen LogP contribution is -2.41. The second-order valence-electron chi connectivity index (χ2n) is 5.55. The van der Waals surface area contributed by atoms with Gasteiger partial charge in [-0.2, -0.15) is 0 Å². The number of nitrogens with one attached hydrogen (secondary N) is 1. The molecule has 1 aliphatic heterocycles. The Bertz CT molecular complexity index is 663. The van der Waals surface area contributed by atoms with E-state index in [-0.39, 0.29) is 12.5 Å². The van der Waals surface area contributed by atoms with E-state index in [0.29, 0.717) is 24.1 Å². The Balaban J connectivity index is 1.47. The van der Waals surface area contributed by atoms with E-state index in [4.69, 9.17) is 9.47 Å². The average molecular weight is 347 g/mol. The van der Waals surface area contributed by atoms with Gasteiger partial charge in [-0.25, -0.2) is 4.98 Å². The van der Waals surface area contributed by atoms with Crippen molar-refractivity contribution in [1.82, 2.24) is 10.3 Å². The fourth-order valence-corrected chi connectivity index (χ4v) is 3.56. The molecule has 0 saturated carbocycles. The van der Waals surface area contributed by atoms with Crippen molar-refractivity contribution in [3.8, 4) is 11.5 Å². The normalized spacial score (nSPS) is 16.9. The summed E-state index contributed by atoms with van der Waals surface area (Å²) >= 11 is 1.63. The van der Waals surface area contributed by atoms with E-state index in [2.05, 4.69) is 15.2 Å². The quantitative estimate of drug-likeness (QED) is 0.833. The number of ether oxygens (including phenoxy) is 2. The van der Waals surface area contributed by atoms with Crippen molar-refractivity contribution in [1.29, 1.82) is 0 Å². The number of hydrogen-bond donors (Lipinski definition) is 1. The molecule has 24 heavy (non-hydrogen) atoms. The summed E-state index contributed by atoms with van der Waals surface area (Å²) < 4.78 is 10.7. The third-order valence-electron chi connectivity index (χ3n) is 4.00. The first-order valence-corrected chi connectivity index (χ1v) is 8.84. The Labute approximate surface area is 145 Å². The van der Waals surface area contributed by atoms with Crippen molar-refractivity contribution in [3.63, 3.8) is 0 Å². The van der Waals surface area contributed by atoms with E-state index in [1.54, 1.807) is 30.6 Å². The van der Waals surface area contributed by atoms with Gasteiger partial charge in [0, 0.05) is 30.7 Å². The maximum atomic E-state index is 12.1. The number of thiazole rings is 1. The zero-order valence-electron chi connectivity index (χ0n) is 13.6. The minimum atomic E-state index is -0.133. The number of carbonyl (C=O) groups is 1. The highest BCUT2D eigenvalue weighted by Gasteiger charge is 2.26. The maximum Gasteiger partial charge on any atom is 0.258 e. The van der Waals surface area contributed by atoms with Crippen LogP contribution in [0.3, 0.4) is 0 Å². The molecule has 0 radical (unpaired) electrons. The molecule has 128 valence electrons. The number of anilines is 1. The number of nitrogens with zero attached hydrogens (tertiary/aromatic N) is 2. The van der Waals surface area contributed by atoms with Gasteiger partial charge in [-0.15, -0.1) is 11.3 Å². The van der Waals surface area contributed by atoms with Gasteiger partial charge in [0.25, 0.3) is 5.91 Å². The summed E-state index contributed by atoms with van der Waals surface area (Å²) in [6, 6.07) is 7.59. The van der Waals surface area contributed by atoms with Crippen LogP contribution < -0.4 is 19.7 Å². The van der Waals surface area contributed by atoms with Crippen LogP contribution >= 0.6 is 11.3 Å². The summed E-state index contributed by atoms with van der Waals surface area (Å²) in [4.78, 5) is 18.7. The highest BCUT2D eigenvalue weighted by Crippen LogP contribution is 2.27. The van der Waals surface area contributed by atoms with Crippen LogP contribution in [-0.2, 0) is 4.79 Å². The lowest BCUT2D eigenvalue weighted by molar-refractivity contribution is -0.123. The lowest BCUT2D eigenvalue weighted by atomic mass is 10.2. The number of hydrogen-bond acceptors (Lipinski definition) is 6. The van der Waals surface area contributed by atoms with Gasteiger partial charge >= 0.3 is 0 Å². The minimum Gasteiger partial charge on any atom is -0.493 e. The van der Waals surface area contributed by atoms with Crippen molar-refractivity contribution in [2.24, 2.45) is 0 Å². The van der Waals surface area contributed by atoms with Crippen molar-refractivity contribution in [2.45, 2.75) is 18.9 Å². The van der Waals surface area contributed by atoms with Crippen molar-refractivity contribution in [3.05, 3.63) is 35.8 Å². The molecule has 1 N–H and O–H groups in total. The molecule has 0 aliphatic carbocycles. The maximum absolute atomic E-state index is 12.1. The van der Waals surface area contributed by atoms with Crippen molar-refractivity contribution >= 4 is 22.4 Å². The number of rotatable bonds is 7. The summed E-state index contributed by atoms with van der Waals surface area (Å²) in [7, 11) is 1.58. The molecule has 1 saturated heterocycles. The molecule has 1 aromatic carbocycles. The molecule has 1 unspecified atom stereocenters. The predicted molar refractivity (Wildman–Crippen MR) is 94.0 cm³/mol. The van der Waals surface area contributed by atoms with Crippen molar-refractivity contribution < 1.29 is 14.3 Å². The number of methoxy groups -OCH3 is 1. The molecule has 1 atom stereocenters. The van der Waals surface area contributed by atoms with Gasteiger partial charge in [0.15, 0.2) is 23.2 Å². The van der Waals surface area contributed by atoms with E-state index in [1.165, 1.54) is 0 Å². The second kappa shape index (κ2) is 8.01. The molecule has 0 spiro atoms. The van der Waals surface area contributed by atoms with E-state index in [0.717, 1.165) is 24.5 Å². The van der Waals surface area contributed by atoms with Gasteiger partial charge < -0.3 is 19.7 Å². The molecular formula is C17H21N3O3S. The number of para-hydroxylation sites is 2. The van der Waals surface area contributed by atoms with E-state index >= 15 is 0 Å². The van der Waals surface area contributed by atoms with Gasteiger partial charge in [-0.1, -0.05) is 12.1 Å². The topological polar surface area (TPSA) is 63.7 Å². The molecule has 7 heteroatoms. The van der Waals surface area contributed by atoms with E-state index in [1.807, 2.05) is 23.7 Å². The Kier molecular flexibility index (Phi) is 5.53. The highest BCUT2D eigenvalue weighted by atomic mass is 32.1. The van der Waals surface area contributed by atoms with Gasteiger partial charge in [0.05, 0.1) is 7.11 Å². The van der Waals surface area contributed by atoms with Crippen LogP contribution in [0.15, 0.2) is 35.8 Å². The molecule has 6 nitrogen and oxygen atoms in total. The lowest BCUT2D eigenvalue weighted by Gasteiger charge is -2.24. The SMILES string of the molecule is COc1ccccc1OCC(=O)NCC1CCCN1c1nccs1. The number of aromatic nitrogens is 1. The zero-order chi connectivity index (χ0) is 16.8. The number of carbonyl (C=O) groups excluding carboxylic acids is 1. The molecule has 0 bridgehead atoms. The molecule has 2 heterocycles. The van der Waals surface area contributed by atoms with Crippen LogP contribution in [0.4, 0.5) is 5.13 Å². The van der Waals surface area contributed by atoms with E-state index < -0.39 is 0 Å². The van der Waals surface area contributed by atoms with Crippen LogP contribution in [0.25, 0.3) is 0 Å². The molecule has 1 fully saturated rings. The van der Waals surface area contributed by atoms with Crippen LogP contribution in [-0.4, -0.2) is 43.7 Å². The summed E-state index contributed by atoms with van der Waals surface area (Å²) in [6.45, 7) is 1.57. The monoisotopic (exact) mass is 347 g/mol. The highest BCUT2D eigenvalue weighted by molar-refractivity contribution is 7.13. The molecule has 1 amide bonds. The molecule has 2 aromatic rings. The molecule has 3 rings (SSSR count). The number of benzene rings is 1. The van der Waals surface area contributed by atoms with Gasteiger partial charge in [-0.3, -0.25) is 4.79 Å². The fraction of sp³-hybridized carbons (Fsp3) is 0.412. The van der Waals surface area contributed by atoms with E-state index in [9.17, 15) is 4.79 Å². The molecule has 1 aromatic heterocycles. The van der Waals surface area contributed by atoms with Gasteiger partial charge in [0.2, 0.25) is 0 Å². The second-order valence-corrected chi connectivity index (χ2v) is 6.42. The van der Waals surface area contributed by atoms with Gasteiger partial charge in [-0.05, 0) is 25.0 Å². The largest absolute Gasteiger partial charge is 0.493 e. The Hall–Kier alpha value is -2.28. The third kappa shape index (κ3) is 3.97. The molecular weight excluding hydrogens is 326 g/mol. The van der Waals surface area contributed by atoms with Crippen LogP contribution in [0.2, 0.25) is 0 Å². The van der Waals surface area contributed by atoms with Crippen LogP contribution in [0.5, 0.6) is 11.5 Å². The predicted octanol–water partition coefficient (Wildman–Crippen LogP) is 2.32. The zero-order valence-corrected chi connectivity index (χ0v) is 14.4. The summed E-state index contributed by atoms with van der Waals surface area (Å²) in [5.41, 5.74) is 0. The summed E-state index contributed by atoms with van der Waals surface area (Å²) in [5.74, 6) is 1.06. The fourth-order valence-electron chi connectivity index (χ4n) is 2.82. The Morgan fingerprint density at radius 3 is 3.00 bits per heavy atom. The van der Waals surface area contributed by atoms with Gasteiger partial charge in [0.1, 0.15) is 0 Å². The number of amides is 1. The third-order valence-corrected chi connectivity index (χ3v) is 4.81. The molecule has 1 aliphatic rings. The van der Waals surface area contributed by atoms with Crippen LogP contribution in [0, 0.1) is 0 Å². The summed E-state index contributed by atoms with van der Waals surface area (Å²) in [5, 5.41) is 5.96. The smallest absolute Gasteiger partial charge is 0.258 e. The first-order valence-electron chi connectivity index (χ1n) is 7.96. The minimum absolute atomic E-state index is 0.0235.